The minimum Gasteiger partial charge on any atom is -0.391 e. The zero-order valence-electron chi connectivity index (χ0n) is 8.49. The maximum atomic E-state index is 9.32. The quantitative estimate of drug-likeness (QED) is 0.655. The molecule has 0 fully saturated rings. The van der Waals surface area contributed by atoms with Gasteiger partial charge in [-0.25, -0.2) is 4.98 Å². The van der Waals surface area contributed by atoms with Gasteiger partial charge in [0, 0.05) is 18.3 Å². The van der Waals surface area contributed by atoms with Crippen LogP contribution in [-0.4, -0.2) is 27.7 Å². The van der Waals surface area contributed by atoms with Gasteiger partial charge in [0.1, 0.15) is 5.82 Å². The van der Waals surface area contributed by atoms with Crippen molar-refractivity contribution in [3.63, 3.8) is 0 Å². The molecule has 14 heavy (non-hydrogen) atoms. The molecule has 1 rings (SSSR count). The summed E-state index contributed by atoms with van der Waals surface area (Å²) in [5, 5.41) is 12.3. The number of aliphatic hydroxyl groups excluding tert-OH is 1. The first-order valence-electron chi connectivity index (χ1n) is 4.65. The maximum Gasteiger partial charge on any atom is 0.222 e. The molecule has 0 aliphatic rings. The van der Waals surface area contributed by atoms with Crippen molar-refractivity contribution >= 4 is 11.8 Å². The zero-order valence-corrected chi connectivity index (χ0v) is 8.49. The second-order valence-electron chi connectivity index (χ2n) is 3.20. The lowest BCUT2D eigenvalue weighted by Gasteiger charge is -2.10. The van der Waals surface area contributed by atoms with E-state index in [0.29, 0.717) is 18.8 Å². The summed E-state index contributed by atoms with van der Waals surface area (Å²) in [5.74, 6) is 0.904. The summed E-state index contributed by atoms with van der Waals surface area (Å²) in [5.41, 5.74) is 6.28. The van der Waals surface area contributed by atoms with Crippen LogP contribution in [0.2, 0.25) is 0 Å². The second kappa shape index (κ2) is 4.76. The van der Waals surface area contributed by atoms with E-state index in [2.05, 4.69) is 15.3 Å². The summed E-state index contributed by atoms with van der Waals surface area (Å²) in [6, 6.07) is 1.79. The van der Waals surface area contributed by atoms with Crippen LogP contribution in [0.3, 0.4) is 0 Å². The minimum atomic E-state index is -0.355. The molecular weight excluding hydrogens is 180 g/mol. The number of anilines is 2. The summed E-state index contributed by atoms with van der Waals surface area (Å²) in [6.45, 7) is 4.25. The molecule has 1 unspecified atom stereocenters. The Bertz CT molecular complexity index is 283. The molecule has 0 amide bonds. The standard InChI is InChI=1S/C9H16N4O/c1-3-7(14)5-11-8-4-6(2)12-9(10)13-8/h4,7,14H,3,5H2,1-2H3,(H3,10,11,12,13). The molecule has 0 saturated heterocycles. The lowest BCUT2D eigenvalue weighted by Crippen LogP contribution is -2.19. The van der Waals surface area contributed by atoms with Crippen molar-refractivity contribution in [1.29, 1.82) is 0 Å². The van der Waals surface area contributed by atoms with Gasteiger partial charge < -0.3 is 16.2 Å². The molecule has 0 bridgehead atoms. The van der Waals surface area contributed by atoms with Crippen LogP contribution in [0.4, 0.5) is 11.8 Å². The number of nitrogens with zero attached hydrogens (tertiary/aromatic N) is 2. The minimum absolute atomic E-state index is 0.249. The Balaban J connectivity index is 2.58. The number of nitrogens with one attached hydrogen (secondary N) is 1. The first-order valence-corrected chi connectivity index (χ1v) is 4.65. The number of hydrogen-bond donors (Lipinski definition) is 3. The van der Waals surface area contributed by atoms with E-state index in [4.69, 9.17) is 5.73 Å². The Hall–Kier alpha value is -1.36. The highest BCUT2D eigenvalue weighted by atomic mass is 16.3. The highest BCUT2D eigenvalue weighted by molar-refractivity contribution is 5.40. The molecule has 1 aromatic heterocycles. The summed E-state index contributed by atoms with van der Waals surface area (Å²) >= 11 is 0. The number of hydrogen-bond acceptors (Lipinski definition) is 5. The van der Waals surface area contributed by atoms with Gasteiger partial charge in [-0.3, -0.25) is 0 Å². The fourth-order valence-corrected chi connectivity index (χ4v) is 1.05. The Labute approximate surface area is 83.4 Å². The molecule has 5 nitrogen and oxygen atoms in total. The van der Waals surface area contributed by atoms with E-state index < -0.39 is 0 Å². The van der Waals surface area contributed by atoms with Crippen LogP contribution in [0.15, 0.2) is 6.07 Å². The lowest BCUT2D eigenvalue weighted by atomic mass is 10.3. The number of rotatable bonds is 4. The average molecular weight is 196 g/mol. The molecule has 0 aliphatic carbocycles. The molecule has 0 aliphatic heterocycles. The smallest absolute Gasteiger partial charge is 0.222 e. The normalized spacial score (nSPS) is 12.5. The number of aliphatic hydroxyl groups is 1. The predicted molar refractivity (Wildman–Crippen MR) is 56.0 cm³/mol. The Morgan fingerprint density at radius 3 is 2.86 bits per heavy atom. The topological polar surface area (TPSA) is 84.1 Å². The third-order valence-electron chi connectivity index (χ3n) is 1.86. The molecule has 0 aromatic carbocycles. The fourth-order valence-electron chi connectivity index (χ4n) is 1.05. The van der Waals surface area contributed by atoms with Crippen molar-refractivity contribution in [2.75, 3.05) is 17.6 Å². The number of aryl methyl sites for hydroxylation is 1. The summed E-state index contributed by atoms with van der Waals surface area (Å²) in [6.07, 6.45) is 0.360. The van der Waals surface area contributed by atoms with E-state index >= 15 is 0 Å². The molecule has 1 heterocycles. The lowest BCUT2D eigenvalue weighted by molar-refractivity contribution is 0.183. The van der Waals surface area contributed by atoms with Crippen molar-refractivity contribution in [2.24, 2.45) is 0 Å². The van der Waals surface area contributed by atoms with Gasteiger partial charge in [0.15, 0.2) is 0 Å². The summed E-state index contributed by atoms with van der Waals surface area (Å²) in [4.78, 5) is 7.93. The molecule has 0 saturated carbocycles. The van der Waals surface area contributed by atoms with Crippen molar-refractivity contribution in [3.05, 3.63) is 11.8 Å². The van der Waals surface area contributed by atoms with Gasteiger partial charge in [-0.2, -0.15) is 4.98 Å². The molecule has 1 aromatic rings. The number of nitrogen functional groups attached to an aromatic ring is 1. The largest absolute Gasteiger partial charge is 0.391 e. The van der Waals surface area contributed by atoms with Gasteiger partial charge in [0.25, 0.3) is 0 Å². The Morgan fingerprint density at radius 1 is 1.57 bits per heavy atom. The highest BCUT2D eigenvalue weighted by Crippen LogP contribution is 2.07. The first-order chi connectivity index (χ1) is 6.61. The summed E-state index contributed by atoms with van der Waals surface area (Å²) < 4.78 is 0. The van der Waals surface area contributed by atoms with Gasteiger partial charge in [-0.05, 0) is 13.3 Å². The van der Waals surface area contributed by atoms with E-state index in [1.165, 1.54) is 0 Å². The van der Waals surface area contributed by atoms with E-state index in [-0.39, 0.29) is 12.1 Å². The Morgan fingerprint density at radius 2 is 2.29 bits per heavy atom. The van der Waals surface area contributed by atoms with Crippen molar-refractivity contribution in [1.82, 2.24) is 9.97 Å². The van der Waals surface area contributed by atoms with Gasteiger partial charge in [0.05, 0.1) is 6.10 Å². The van der Waals surface area contributed by atoms with Crippen molar-refractivity contribution in [3.8, 4) is 0 Å². The molecule has 4 N–H and O–H groups in total. The molecule has 78 valence electrons. The highest BCUT2D eigenvalue weighted by Gasteiger charge is 2.02. The second-order valence-corrected chi connectivity index (χ2v) is 3.20. The van der Waals surface area contributed by atoms with Gasteiger partial charge in [-0.15, -0.1) is 0 Å². The van der Waals surface area contributed by atoms with E-state index in [9.17, 15) is 5.11 Å². The third-order valence-corrected chi connectivity index (χ3v) is 1.86. The average Bonchev–Trinajstić information content (AvgIpc) is 2.12. The monoisotopic (exact) mass is 196 g/mol. The first kappa shape index (κ1) is 10.7. The fraction of sp³-hybridized carbons (Fsp3) is 0.556. The number of nitrogens with two attached hydrogens (primary N) is 1. The Kier molecular flexibility index (Phi) is 3.64. The van der Waals surface area contributed by atoms with Crippen LogP contribution >= 0.6 is 0 Å². The van der Waals surface area contributed by atoms with E-state index in [1.807, 2.05) is 13.8 Å². The zero-order chi connectivity index (χ0) is 10.6. The molecule has 0 spiro atoms. The van der Waals surface area contributed by atoms with Crippen LogP contribution in [0.1, 0.15) is 19.0 Å². The molecule has 5 heteroatoms. The van der Waals surface area contributed by atoms with E-state index in [1.54, 1.807) is 6.07 Å². The van der Waals surface area contributed by atoms with Gasteiger partial charge in [-0.1, -0.05) is 6.92 Å². The van der Waals surface area contributed by atoms with Crippen LogP contribution < -0.4 is 11.1 Å². The van der Waals surface area contributed by atoms with Crippen LogP contribution in [0.5, 0.6) is 0 Å². The SMILES string of the molecule is CCC(O)CNc1cc(C)nc(N)n1. The van der Waals surface area contributed by atoms with Gasteiger partial charge in [0.2, 0.25) is 5.95 Å². The van der Waals surface area contributed by atoms with Crippen LogP contribution in [-0.2, 0) is 0 Å². The molecular formula is C9H16N4O. The number of aromatic nitrogens is 2. The predicted octanol–water partition coefficient (Wildman–Crippen LogP) is 0.550. The maximum absolute atomic E-state index is 9.32. The van der Waals surface area contributed by atoms with Crippen molar-refractivity contribution < 1.29 is 5.11 Å². The molecule has 0 radical (unpaired) electrons. The summed E-state index contributed by atoms with van der Waals surface area (Å²) in [7, 11) is 0. The van der Waals surface area contributed by atoms with Gasteiger partial charge >= 0.3 is 0 Å². The van der Waals surface area contributed by atoms with E-state index in [0.717, 1.165) is 5.69 Å². The molecule has 1 atom stereocenters. The third kappa shape index (κ3) is 3.18. The van der Waals surface area contributed by atoms with Crippen LogP contribution in [0.25, 0.3) is 0 Å². The van der Waals surface area contributed by atoms with Crippen LogP contribution in [0, 0.1) is 6.92 Å². The van der Waals surface area contributed by atoms with Crippen molar-refractivity contribution in [2.45, 2.75) is 26.4 Å².